The fourth-order valence-corrected chi connectivity index (χ4v) is 2.11. The van der Waals surface area contributed by atoms with Gasteiger partial charge in [-0.25, -0.2) is 4.39 Å². The van der Waals surface area contributed by atoms with E-state index in [1.165, 1.54) is 0 Å². The SMILES string of the molecule is CC(=O)OCC1OC(OC(C)=O)C(OC(C)=O)C(F)C1OC(C)=O. The summed E-state index contributed by atoms with van der Waals surface area (Å²) in [5.74, 6) is -3.13. The maximum Gasteiger partial charge on any atom is 0.305 e. The summed E-state index contributed by atoms with van der Waals surface area (Å²) < 4.78 is 39.3. The summed E-state index contributed by atoms with van der Waals surface area (Å²) in [6.07, 6.45) is -8.03. The number of hydrogen-bond donors (Lipinski definition) is 0. The molecule has 0 radical (unpaired) electrons. The minimum Gasteiger partial charge on any atom is -0.463 e. The zero-order chi connectivity index (χ0) is 18.4. The largest absolute Gasteiger partial charge is 0.463 e. The lowest BCUT2D eigenvalue weighted by atomic mass is 10.00. The first-order valence-corrected chi connectivity index (χ1v) is 7.06. The van der Waals surface area contributed by atoms with Crippen molar-refractivity contribution in [2.45, 2.75) is 58.5 Å². The van der Waals surface area contributed by atoms with E-state index < -0.39 is 61.3 Å². The van der Waals surface area contributed by atoms with Gasteiger partial charge in [0.2, 0.25) is 6.29 Å². The number of halogens is 1. The smallest absolute Gasteiger partial charge is 0.305 e. The van der Waals surface area contributed by atoms with E-state index in [1.807, 2.05) is 0 Å². The molecule has 0 aromatic heterocycles. The van der Waals surface area contributed by atoms with Crippen LogP contribution in [0.15, 0.2) is 0 Å². The van der Waals surface area contributed by atoms with Gasteiger partial charge in [0, 0.05) is 27.7 Å². The van der Waals surface area contributed by atoms with E-state index in [2.05, 4.69) is 0 Å². The maximum absolute atomic E-state index is 14.7. The summed E-state index contributed by atoms with van der Waals surface area (Å²) in [6.45, 7) is 3.82. The van der Waals surface area contributed by atoms with Crippen molar-refractivity contribution in [3.05, 3.63) is 0 Å². The highest BCUT2D eigenvalue weighted by molar-refractivity contribution is 5.68. The van der Waals surface area contributed by atoms with Crippen LogP contribution in [0.4, 0.5) is 4.39 Å². The number of carbonyl (C=O) groups excluding carboxylic acids is 4. The van der Waals surface area contributed by atoms with Gasteiger partial charge >= 0.3 is 23.9 Å². The molecule has 1 aliphatic rings. The summed E-state index contributed by atoms with van der Waals surface area (Å²) >= 11 is 0. The normalized spacial score (nSPS) is 29.3. The Balaban J connectivity index is 3.04. The average molecular weight is 350 g/mol. The molecule has 0 aromatic rings. The van der Waals surface area contributed by atoms with Gasteiger partial charge in [0.05, 0.1) is 0 Å². The summed E-state index contributed by atoms with van der Waals surface area (Å²) in [6, 6.07) is 0. The fraction of sp³-hybridized carbons (Fsp3) is 0.714. The Kier molecular flexibility index (Phi) is 7.08. The van der Waals surface area contributed by atoms with Gasteiger partial charge in [-0.3, -0.25) is 19.2 Å². The van der Waals surface area contributed by atoms with E-state index in [9.17, 15) is 23.6 Å². The van der Waals surface area contributed by atoms with Crippen molar-refractivity contribution in [1.29, 1.82) is 0 Å². The number of rotatable bonds is 5. The molecule has 0 spiro atoms. The van der Waals surface area contributed by atoms with E-state index in [0.29, 0.717) is 0 Å². The van der Waals surface area contributed by atoms with E-state index in [1.54, 1.807) is 0 Å². The second-order valence-electron chi connectivity index (χ2n) is 5.05. The van der Waals surface area contributed by atoms with Crippen LogP contribution in [-0.4, -0.2) is 61.3 Å². The standard InChI is InChI=1S/C14H19FO9/c1-6(16)20-5-10-12(21-7(2)17)11(15)13(22-8(3)18)14(24-10)23-9(4)19/h10-14H,5H2,1-4H3. The molecule has 1 fully saturated rings. The van der Waals surface area contributed by atoms with Crippen molar-refractivity contribution in [3.8, 4) is 0 Å². The average Bonchev–Trinajstić information content (AvgIpc) is 2.42. The molecule has 1 aliphatic heterocycles. The third-order valence-corrected chi connectivity index (χ3v) is 2.91. The minimum atomic E-state index is -2.06. The Hall–Kier alpha value is -2.23. The second-order valence-corrected chi connectivity index (χ2v) is 5.05. The fourth-order valence-electron chi connectivity index (χ4n) is 2.11. The lowest BCUT2D eigenvalue weighted by molar-refractivity contribution is -0.288. The zero-order valence-electron chi connectivity index (χ0n) is 13.6. The highest BCUT2D eigenvalue weighted by atomic mass is 19.1. The Bertz CT molecular complexity index is 504. The van der Waals surface area contributed by atoms with Gasteiger partial charge in [0.15, 0.2) is 18.4 Å². The highest BCUT2D eigenvalue weighted by Crippen LogP contribution is 2.29. The molecular formula is C14H19FO9. The molecule has 0 amide bonds. The molecule has 10 heteroatoms. The summed E-state index contributed by atoms with van der Waals surface area (Å²) in [4.78, 5) is 44.4. The lowest BCUT2D eigenvalue weighted by Gasteiger charge is -2.41. The van der Waals surface area contributed by atoms with Crippen LogP contribution < -0.4 is 0 Å². The first-order chi connectivity index (χ1) is 11.1. The van der Waals surface area contributed by atoms with Crippen LogP contribution >= 0.6 is 0 Å². The minimum absolute atomic E-state index is 0.446. The van der Waals surface area contributed by atoms with Crippen molar-refractivity contribution in [2.75, 3.05) is 6.61 Å². The Morgan fingerprint density at radius 2 is 1.33 bits per heavy atom. The molecule has 1 saturated heterocycles. The zero-order valence-corrected chi connectivity index (χ0v) is 13.6. The molecule has 0 bridgehead atoms. The van der Waals surface area contributed by atoms with Gasteiger partial charge in [0.1, 0.15) is 12.7 Å². The summed E-state index contributed by atoms with van der Waals surface area (Å²) in [5.41, 5.74) is 0. The van der Waals surface area contributed by atoms with Crippen molar-refractivity contribution >= 4 is 23.9 Å². The summed E-state index contributed by atoms with van der Waals surface area (Å²) in [5, 5.41) is 0. The monoisotopic (exact) mass is 350 g/mol. The van der Waals surface area contributed by atoms with E-state index in [0.717, 1.165) is 27.7 Å². The number of hydrogen-bond acceptors (Lipinski definition) is 9. The van der Waals surface area contributed by atoms with Gasteiger partial charge in [-0.1, -0.05) is 0 Å². The number of carbonyl (C=O) groups is 4. The maximum atomic E-state index is 14.7. The topological polar surface area (TPSA) is 114 Å². The van der Waals surface area contributed by atoms with Crippen LogP contribution in [0, 0.1) is 0 Å². The molecule has 0 aliphatic carbocycles. The van der Waals surface area contributed by atoms with Crippen molar-refractivity contribution in [1.82, 2.24) is 0 Å². The van der Waals surface area contributed by atoms with Crippen LogP contribution in [0.1, 0.15) is 27.7 Å². The molecule has 136 valence electrons. The van der Waals surface area contributed by atoms with Gasteiger partial charge < -0.3 is 23.7 Å². The molecule has 0 aromatic carbocycles. The predicted molar refractivity (Wildman–Crippen MR) is 73.1 cm³/mol. The lowest BCUT2D eigenvalue weighted by Crippen LogP contribution is -2.60. The van der Waals surface area contributed by atoms with Crippen molar-refractivity contribution in [2.24, 2.45) is 0 Å². The molecular weight excluding hydrogens is 331 g/mol. The molecule has 0 N–H and O–H groups in total. The van der Waals surface area contributed by atoms with Crippen LogP contribution in [0.3, 0.4) is 0 Å². The van der Waals surface area contributed by atoms with Gasteiger partial charge in [-0.15, -0.1) is 0 Å². The third kappa shape index (κ3) is 5.76. The van der Waals surface area contributed by atoms with Gasteiger partial charge in [-0.05, 0) is 0 Å². The molecule has 0 saturated carbocycles. The number of ether oxygens (including phenoxy) is 5. The Labute approximate surface area is 137 Å². The van der Waals surface area contributed by atoms with E-state index in [-0.39, 0.29) is 0 Å². The van der Waals surface area contributed by atoms with Crippen LogP contribution in [0.2, 0.25) is 0 Å². The third-order valence-electron chi connectivity index (χ3n) is 2.91. The van der Waals surface area contributed by atoms with Crippen molar-refractivity contribution in [3.63, 3.8) is 0 Å². The van der Waals surface area contributed by atoms with Gasteiger partial charge in [-0.2, -0.15) is 0 Å². The Morgan fingerprint density at radius 1 is 0.833 bits per heavy atom. The quantitative estimate of drug-likeness (QED) is 0.500. The van der Waals surface area contributed by atoms with E-state index >= 15 is 0 Å². The van der Waals surface area contributed by atoms with Crippen LogP contribution in [0.25, 0.3) is 0 Å². The van der Waals surface area contributed by atoms with E-state index in [4.69, 9.17) is 23.7 Å². The van der Waals surface area contributed by atoms with Crippen molar-refractivity contribution < 1.29 is 47.3 Å². The highest BCUT2D eigenvalue weighted by Gasteiger charge is 2.52. The summed E-state index contributed by atoms with van der Waals surface area (Å²) in [7, 11) is 0. The first kappa shape index (κ1) is 19.8. The second kappa shape index (κ2) is 8.57. The van der Waals surface area contributed by atoms with Gasteiger partial charge in [0.25, 0.3) is 0 Å². The molecule has 1 rings (SSSR count). The van der Waals surface area contributed by atoms with Crippen LogP contribution in [-0.2, 0) is 42.9 Å². The Morgan fingerprint density at radius 3 is 1.79 bits per heavy atom. The molecule has 5 atom stereocenters. The molecule has 1 heterocycles. The molecule has 9 nitrogen and oxygen atoms in total. The molecule has 5 unspecified atom stereocenters. The predicted octanol–water partition coefficient (Wildman–Crippen LogP) is 0.0390. The van der Waals surface area contributed by atoms with Crippen LogP contribution in [0.5, 0.6) is 0 Å². The molecule has 24 heavy (non-hydrogen) atoms. The number of alkyl halides is 1. The number of esters is 4. The first-order valence-electron chi connectivity index (χ1n) is 7.06.